The average Bonchev–Trinajstić information content (AvgIpc) is 3.61. The number of hydrogen-bond donors (Lipinski definition) is 2. The van der Waals surface area contributed by atoms with Gasteiger partial charge in [0.2, 0.25) is 0 Å². The van der Waals surface area contributed by atoms with E-state index in [1.54, 1.807) is 10.7 Å². The van der Waals surface area contributed by atoms with Gasteiger partial charge >= 0.3 is 0 Å². The number of halogens is 2. The molecule has 0 spiro atoms. The van der Waals surface area contributed by atoms with E-state index in [1.807, 2.05) is 19.1 Å². The number of anilines is 1. The fourth-order valence-electron chi connectivity index (χ4n) is 4.95. The molecule has 6 nitrogen and oxygen atoms in total. The minimum Gasteiger partial charge on any atom is -0.345 e. The van der Waals surface area contributed by atoms with Gasteiger partial charge in [0.05, 0.1) is 16.8 Å². The van der Waals surface area contributed by atoms with Crippen molar-refractivity contribution in [2.24, 2.45) is 11.3 Å². The molecule has 3 aliphatic rings. The van der Waals surface area contributed by atoms with Gasteiger partial charge in [0.25, 0.3) is 0 Å². The normalized spacial score (nSPS) is 25.1. The summed E-state index contributed by atoms with van der Waals surface area (Å²) >= 11 is 1.15. The number of nitrogens with one attached hydrogen (secondary N) is 2. The van der Waals surface area contributed by atoms with Crippen LogP contribution in [0, 0.1) is 33.8 Å². The van der Waals surface area contributed by atoms with Crippen LogP contribution in [0.4, 0.5) is 14.6 Å². The van der Waals surface area contributed by atoms with Gasteiger partial charge in [0, 0.05) is 17.5 Å². The summed E-state index contributed by atoms with van der Waals surface area (Å²) in [6, 6.07) is 7.35. The standard InChI is InChI=1S/C23H22F2N6S/c1-22(7-8-22)21(27)32-20(26)17-12-28-18-4-5-19(29-31(17)18)30-9-6-13-11-23(13,30)15-10-14(24)2-3-16(15)25/h2-5,10,12-13,26-27H,6-9,11H2,1H3/t13-,23+/m0/s1. The van der Waals surface area contributed by atoms with Gasteiger partial charge in [-0.25, -0.2) is 18.3 Å². The second-order valence-corrected chi connectivity index (χ2v) is 10.3. The van der Waals surface area contributed by atoms with E-state index < -0.39 is 17.2 Å². The number of fused-ring (bicyclic) bond motifs is 2. The van der Waals surface area contributed by atoms with E-state index in [2.05, 4.69) is 9.88 Å². The van der Waals surface area contributed by atoms with Gasteiger partial charge in [-0.05, 0) is 61.9 Å². The van der Waals surface area contributed by atoms with Gasteiger partial charge in [-0.15, -0.1) is 5.10 Å². The number of aromatic nitrogens is 3. The minimum atomic E-state index is -0.571. The predicted molar refractivity (Wildman–Crippen MR) is 121 cm³/mol. The molecule has 3 heterocycles. The van der Waals surface area contributed by atoms with Crippen molar-refractivity contribution in [2.75, 3.05) is 11.4 Å². The lowest BCUT2D eigenvalue weighted by atomic mass is 10.0. The lowest BCUT2D eigenvalue weighted by molar-refractivity contribution is 0.542. The molecule has 0 bridgehead atoms. The van der Waals surface area contributed by atoms with Crippen LogP contribution in [0.25, 0.3) is 5.65 Å². The SMILES string of the molecule is CC1(C(=N)SC(=N)c2cnc3ccc(N4CC[C@H]5C[C@]54c4cc(F)ccc4F)nn23)CC1. The molecule has 9 heteroatoms. The molecule has 3 fully saturated rings. The first-order valence-electron chi connectivity index (χ1n) is 10.8. The molecular weight excluding hydrogens is 430 g/mol. The average molecular weight is 453 g/mol. The van der Waals surface area contributed by atoms with Gasteiger partial charge in [-0.3, -0.25) is 10.8 Å². The molecule has 0 amide bonds. The van der Waals surface area contributed by atoms with E-state index in [0.29, 0.717) is 34.3 Å². The number of thioether (sulfide) groups is 1. The maximum Gasteiger partial charge on any atom is 0.154 e. The van der Waals surface area contributed by atoms with Gasteiger partial charge in [-0.1, -0.05) is 18.7 Å². The van der Waals surface area contributed by atoms with Crippen molar-refractivity contribution in [2.45, 2.75) is 38.1 Å². The first-order chi connectivity index (χ1) is 15.3. The molecule has 6 rings (SSSR count). The molecule has 2 saturated carbocycles. The molecule has 164 valence electrons. The summed E-state index contributed by atoms with van der Waals surface area (Å²) in [7, 11) is 0. The van der Waals surface area contributed by atoms with Crippen LogP contribution in [-0.4, -0.2) is 31.2 Å². The maximum absolute atomic E-state index is 14.7. The summed E-state index contributed by atoms with van der Waals surface area (Å²) in [5.74, 6) is 0.0935. The molecule has 2 aliphatic carbocycles. The lowest BCUT2D eigenvalue weighted by Crippen LogP contribution is -2.34. The Morgan fingerprint density at radius 3 is 2.75 bits per heavy atom. The summed E-state index contributed by atoms with van der Waals surface area (Å²) in [6.45, 7) is 2.75. The highest BCUT2D eigenvalue weighted by atomic mass is 32.2. The Morgan fingerprint density at radius 1 is 1.19 bits per heavy atom. The molecule has 3 aromatic rings. The predicted octanol–water partition coefficient (Wildman–Crippen LogP) is 4.97. The van der Waals surface area contributed by atoms with Crippen molar-refractivity contribution >= 4 is 33.3 Å². The molecule has 1 aromatic carbocycles. The Kier molecular flexibility index (Phi) is 4.09. The molecular formula is C23H22F2N6S. The quantitative estimate of drug-likeness (QED) is 0.433. The number of hydrogen-bond acceptors (Lipinski definition) is 6. The molecule has 0 radical (unpaired) electrons. The van der Waals surface area contributed by atoms with Crippen molar-refractivity contribution in [3.8, 4) is 0 Å². The van der Waals surface area contributed by atoms with E-state index >= 15 is 0 Å². The summed E-state index contributed by atoms with van der Waals surface area (Å²) in [5, 5.41) is 22.3. The molecule has 2 N–H and O–H groups in total. The number of nitrogens with zero attached hydrogens (tertiary/aromatic N) is 4. The molecule has 2 aromatic heterocycles. The summed E-state index contributed by atoms with van der Waals surface area (Å²) in [6.07, 6.45) is 5.24. The summed E-state index contributed by atoms with van der Waals surface area (Å²) in [4.78, 5) is 6.44. The Morgan fingerprint density at radius 2 is 2.00 bits per heavy atom. The second kappa shape index (κ2) is 6.60. The highest BCUT2D eigenvalue weighted by Crippen LogP contribution is 2.63. The lowest BCUT2D eigenvalue weighted by Gasteiger charge is -2.30. The maximum atomic E-state index is 14.7. The number of rotatable bonds is 4. The summed E-state index contributed by atoms with van der Waals surface area (Å²) in [5.41, 5.74) is 0.850. The first kappa shape index (κ1) is 19.8. The highest BCUT2D eigenvalue weighted by Gasteiger charge is 2.64. The zero-order valence-corrected chi connectivity index (χ0v) is 18.3. The Balaban J connectivity index is 1.36. The molecule has 32 heavy (non-hydrogen) atoms. The first-order valence-corrected chi connectivity index (χ1v) is 11.6. The monoisotopic (exact) mass is 452 g/mol. The zero-order valence-electron chi connectivity index (χ0n) is 17.5. The largest absolute Gasteiger partial charge is 0.345 e. The van der Waals surface area contributed by atoms with E-state index in [4.69, 9.17) is 15.9 Å². The van der Waals surface area contributed by atoms with Crippen LogP contribution in [0.1, 0.15) is 43.9 Å². The van der Waals surface area contributed by atoms with Crippen molar-refractivity contribution in [3.05, 3.63) is 59.4 Å². The fraction of sp³-hybridized carbons (Fsp3) is 0.391. The van der Waals surface area contributed by atoms with E-state index in [0.717, 1.165) is 43.5 Å². The fourth-order valence-corrected chi connectivity index (χ4v) is 5.85. The number of imidazole rings is 1. The molecule has 2 atom stereocenters. The third-order valence-corrected chi connectivity index (χ3v) is 8.37. The molecule has 1 aliphatic heterocycles. The third-order valence-electron chi connectivity index (χ3n) is 7.26. The van der Waals surface area contributed by atoms with Crippen LogP contribution < -0.4 is 4.90 Å². The number of piperidine rings is 1. The van der Waals surface area contributed by atoms with Crippen molar-refractivity contribution in [1.29, 1.82) is 10.8 Å². The van der Waals surface area contributed by atoms with Gasteiger partial charge in [0.1, 0.15) is 28.2 Å². The molecule has 1 saturated heterocycles. The summed E-state index contributed by atoms with van der Waals surface area (Å²) < 4.78 is 30.3. The van der Waals surface area contributed by atoms with Crippen LogP contribution in [0.5, 0.6) is 0 Å². The minimum absolute atomic E-state index is 0.103. The van der Waals surface area contributed by atoms with Gasteiger partial charge < -0.3 is 4.90 Å². The highest BCUT2D eigenvalue weighted by molar-refractivity contribution is 8.26. The third kappa shape index (κ3) is 2.83. The van der Waals surface area contributed by atoms with E-state index in [9.17, 15) is 8.78 Å². The Bertz CT molecular complexity index is 1300. The molecule has 0 unspecified atom stereocenters. The van der Waals surface area contributed by atoms with Crippen LogP contribution in [0.3, 0.4) is 0 Å². The smallest absolute Gasteiger partial charge is 0.154 e. The van der Waals surface area contributed by atoms with Crippen molar-refractivity contribution in [3.63, 3.8) is 0 Å². The van der Waals surface area contributed by atoms with Gasteiger partial charge in [-0.2, -0.15) is 0 Å². The van der Waals surface area contributed by atoms with E-state index in [-0.39, 0.29) is 16.4 Å². The zero-order chi connectivity index (χ0) is 22.3. The van der Waals surface area contributed by atoms with Crippen LogP contribution in [0.15, 0.2) is 36.5 Å². The number of benzene rings is 1. The van der Waals surface area contributed by atoms with Crippen molar-refractivity contribution in [1.82, 2.24) is 14.6 Å². The van der Waals surface area contributed by atoms with Crippen LogP contribution >= 0.6 is 11.8 Å². The van der Waals surface area contributed by atoms with Crippen LogP contribution in [-0.2, 0) is 5.54 Å². The van der Waals surface area contributed by atoms with Crippen molar-refractivity contribution < 1.29 is 8.78 Å². The van der Waals surface area contributed by atoms with Crippen LogP contribution in [0.2, 0.25) is 0 Å². The van der Waals surface area contributed by atoms with E-state index in [1.165, 1.54) is 12.1 Å². The topological polar surface area (TPSA) is 81.1 Å². The Labute approximate surface area is 188 Å². The van der Waals surface area contributed by atoms with Gasteiger partial charge in [0.15, 0.2) is 5.65 Å². The second-order valence-electron chi connectivity index (χ2n) is 9.32. The Hall–Kier alpha value is -2.81.